The number of hydrogen-bond acceptors (Lipinski definition) is 5. The molecule has 1 aliphatic rings. The van der Waals surface area contributed by atoms with Gasteiger partial charge in [-0.3, -0.25) is 9.59 Å². The first-order valence-electron chi connectivity index (χ1n) is 8.24. The number of benzene rings is 1. The zero-order valence-electron chi connectivity index (χ0n) is 13.9. The minimum atomic E-state index is -0.424. The van der Waals surface area contributed by atoms with Crippen LogP contribution < -0.4 is 0 Å². The van der Waals surface area contributed by atoms with Gasteiger partial charge in [-0.05, 0) is 18.9 Å². The second-order valence-corrected chi connectivity index (χ2v) is 5.74. The monoisotopic (exact) mass is 333 g/mol. The predicted octanol–water partition coefficient (Wildman–Crippen LogP) is 2.56. The lowest BCUT2D eigenvalue weighted by Gasteiger charge is -2.31. The van der Waals surface area contributed by atoms with E-state index in [0.29, 0.717) is 32.5 Å². The molecule has 6 nitrogen and oxygen atoms in total. The van der Waals surface area contributed by atoms with E-state index >= 15 is 0 Å². The van der Waals surface area contributed by atoms with Gasteiger partial charge in [0.1, 0.15) is 12.4 Å². The van der Waals surface area contributed by atoms with Crippen LogP contribution >= 0.6 is 0 Å². The molecule has 0 radical (unpaired) electrons. The molecule has 1 heterocycles. The van der Waals surface area contributed by atoms with Crippen LogP contribution in [0.4, 0.5) is 4.79 Å². The van der Waals surface area contributed by atoms with Crippen molar-refractivity contribution < 1.29 is 23.9 Å². The maximum atomic E-state index is 12.2. The van der Waals surface area contributed by atoms with Crippen molar-refractivity contribution in [1.82, 2.24) is 4.90 Å². The summed E-state index contributed by atoms with van der Waals surface area (Å²) >= 11 is 0. The van der Waals surface area contributed by atoms with Gasteiger partial charge in [-0.25, -0.2) is 4.79 Å². The summed E-state index contributed by atoms with van der Waals surface area (Å²) in [5, 5.41) is 0. The van der Waals surface area contributed by atoms with Crippen molar-refractivity contribution in [2.45, 2.75) is 32.8 Å². The average molecular weight is 333 g/mol. The summed E-state index contributed by atoms with van der Waals surface area (Å²) in [4.78, 5) is 37.1. The number of hydrogen-bond donors (Lipinski definition) is 0. The molecule has 6 heteroatoms. The molecule has 2 rings (SSSR count). The van der Waals surface area contributed by atoms with E-state index in [0.717, 1.165) is 5.56 Å². The fourth-order valence-electron chi connectivity index (χ4n) is 2.66. The number of amides is 1. The minimum absolute atomic E-state index is 0.0893. The molecular weight excluding hydrogens is 310 g/mol. The van der Waals surface area contributed by atoms with Gasteiger partial charge in [0, 0.05) is 31.8 Å². The Hall–Kier alpha value is -2.37. The van der Waals surface area contributed by atoms with Gasteiger partial charge in [-0.1, -0.05) is 30.3 Å². The molecule has 0 aliphatic carbocycles. The number of carbonyl (C=O) groups is 3. The van der Waals surface area contributed by atoms with Gasteiger partial charge in [-0.2, -0.15) is 0 Å². The molecule has 0 N–H and O–H groups in total. The van der Waals surface area contributed by atoms with Gasteiger partial charge < -0.3 is 14.4 Å². The average Bonchev–Trinajstić information content (AvgIpc) is 2.60. The van der Waals surface area contributed by atoms with E-state index in [9.17, 15) is 14.4 Å². The van der Waals surface area contributed by atoms with Gasteiger partial charge in [0.15, 0.2) is 0 Å². The van der Waals surface area contributed by atoms with Crippen LogP contribution in [0.25, 0.3) is 0 Å². The van der Waals surface area contributed by atoms with Crippen LogP contribution in [0, 0.1) is 5.92 Å². The Labute approximate surface area is 141 Å². The number of ketones is 1. The number of nitrogens with zero attached hydrogens (tertiary/aromatic N) is 1. The second-order valence-electron chi connectivity index (χ2n) is 5.74. The SMILES string of the molecule is CCOC(=O)CCC1CN(C(=O)OCc2ccccc2)CCC1=O. The molecule has 1 atom stereocenters. The molecule has 0 spiro atoms. The summed E-state index contributed by atoms with van der Waals surface area (Å²) in [6, 6.07) is 9.43. The highest BCUT2D eigenvalue weighted by Gasteiger charge is 2.30. The number of rotatable bonds is 6. The first-order chi connectivity index (χ1) is 11.6. The number of likely N-dealkylation sites (tertiary alicyclic amines) is 1. The Kier molecular flexibility index (Phi) is 6.78. The molecular formula is C18H23NO5. The van der Waals surface area contributed by atoms with Crippen LogP contribution in [0.1, 0.15) is 31.7 Å². The molecule has 1 unspecified atom stereocenters. The number of Topliss-reactive ketones (excluding diaryl/α,β-unsaturated/α-hetero) is 1. The maximum Gasteiger partial charge on any atom is 0.410 e. The zero-order chi connectivity index (χ0) is 17.4. The summed E-state index contributed by atoms with van der Waals surface area (Å²) in [5.74, 6) is -0.548. The summed E-state index contributed by atoms with van der Waals surface area (Å²) in [6.07, 6.45) is 0.470. The molecule has 1 aromatic carbocycles. The highest BCUT2D eigenvalue weighted by Crippen LogP contribution is 2.19. The molecule has 1 aromatic rings. The van der Waals surface area contributed by atoms with Crippen LogP contribution in [-0.2, 0) is 25.7 Å². The van der Waals surface area contributed by atoms with Crippen molar-refractivity contribution in [3.8, 4) is 0 Å². The zero-order valence-corrected chi connectivity index (χ0v) is 13.9. The molecule has 1 saturated heterocycles. The second kappa shape index (κ2) is 9.05. The molecule has 1 amide bonds. The first-order valence-corrected chi connectivity index (χ1v) is 8.24. The minimum Gasteiger partial charge on any atom is -0.466 e. The number of piperidine rings is 1. The van der Waals surface area contributed by atoms with Gasteiger partial charge in [0.05, 0.1) is 6.61 Å². The predicted molar refractivity (Wildman–Crippen MR) is 87.2 cm³/mol. The highest BCUT2D eigenvalue weighted by molar-refractivity contribution is 5.84. The summed E-state index contributed by atoms with van der Waals surface area (Å²) in [7, 11) is 0. The van der Waals surface area contributed by atoms with Crippen LogP contribution in [-0.4, -0.2) is 42.4 Å². The van der Waals surface area contributed by atoms with E-state index in [4.69, 9.17) is 9.47 Å². The van der Waals surface area contributed by atoms with Crippen LogP contribution in [0.5, 0.6) is 0 Å². The third kappa shape index (κ3) is 5.37. The van der Waals surface area contributed by atoms with E-state index in [-0.39, 0.29) is 30.7 Å². The molecule has 1 aliphatic heterocycles. The Morgan fingerprint density at radius 1 is 1.21 bits per heavy atom. The van der Waals surface area contributed by atoms with Crippen molar-refractivity contribution in [3.05, 3.63) is 35.9 Å². The third-order valence-electron chi connectivity index (χ3n) is 3.99. The smallest absolute Gasteiger partial charge is 0.410 e. The fourth-order valence-corrected chi connectivity index (χ4v) is 2.66. The van der Waals surface area contributed by atoms with E-state index in [2.05, 4.69) is 0 Å². The lowest BCUT2D eigenvalue weighted by atomic mass is 9.92. The van der Waals surface area contributed by atoms with E-state index < -0.39 is 6.09 Å². The highest BCUT2D eigenvalue weighted by atomic mass is 16.6. The van der Waals surface area contributed by atoms with Gasteiger partial charge in [0.25, 0.3) is 0 Å². The number of ether oxygens (including phenoxy) is 2. The van der Waals surface area contributed by atoms with E-state index in [1.807, 2.05) is 30.3 Å². The first kappa shape index (κ1) is 18.0. The topological polar surface area (TPSA) is 72.9 Å². The Balaban J connectivity index is 1.81. The summed E-state index contributed by atoms with van der Waals surface area (Å²) in [6.45, 7) is 2.94. The van der Waals surface area contributed by atoms with Crippen LogP contribution in [0.15, 0.2) is 30.3 Å². The van der Waals surface area contributed by atoms with Crippen molar-refractivity contribution in [2.75, 3.05) is 19.7 Å². The lowest BCUT2D eigenvalue weighted by molar-refractivity contribution is -0.143. The molecule has 0 aromatic heterocycles. The lowest BCUT2D eigenvalue weighted by Crippen LogP contribution is -2.44. The van der Waals surface area contributed by atoms with Crippen molar-refractivity contribution in [2.24, 2.45) is 5.92 Å². The van der Waals surface area contributed by atoms with Crippen LogP contribution in [0.2, 0.25) is 0 Å². The molecule has 130 valence electrons. The Morgan fingerprint density at radius 3 is 2.67 bits per heavy atom. The van der Waals surface area contributed by atoms with E-state index in [1.54, 1.807) is 11.8 Å². The van der Waals surface area contributed by atoms with Gasteiger partial charge in [0.2, 0.25) is 0 Å². The molecule has 1 fully saturated rings. The van der Waals surface area contributed by atoms with E-state index in [1.165, 1.54) is 0 Å². The maximum absolute atomic E-state index is 12.2. The van der Waals surface area contributed by atoms with Crippen molar-refractivity contribution in [1.29, 1.82) is 0 Å². The van der Waals surface area contributed by atoms with Crippen molar-refractivity contribution in [3.63, 3.8) is 0 Å². The molecule has 0 saturated carbocycles. The number of esters is 1. The Morgan fingerprint density at radius 2 is 1.96 bits per heavy atom. The summed E-state index contributed by atoms with van der Waals surface area (Å²) in [5.41, 5.74) is 0.915. The normalized spacial score (nSPS) is 17.5. The van der Waals surface area contributed by atoms with Crippen molar-refractivity contribution >= 4 is 17.8 Å². The molecule has 0 bridgehead atoms. The quantitative estimate of drug-likeness (QED) is 0.748. The van der Waals surface area contributed by atoms with Gasteiger partial charge in [-0.15, -0.1) is 0 Å². The standard InChI is InChI=1S/C18H23NO5/c1-2-23-17(21)9-8-15-12-19(11-10-16(15)20)18(22)24-13-14-6-4-3-5-7-14/h3-7,15H,2,8-13H2,1H3. The number of carbonyl (C=O) groups excluding carboxylic acids is 3. The van der Waals surface area contributed by atoms with Crippen LogP contribution in [0.3, 0.4) is 0 Å². The fraction of sp³-hybridized carbons (Fsp3) is 0.500. The largest absolute Gasteiger partial charge is 0.466 e. The third-order valence-corrected chi connectivity index (χ3v) is 3.99. The van der Waals surface area contributed by atoms with Gasteiger partial charge >= 0.3 is 12.1 Å². The summed E-state index contributed by atoms with van der Waals surface area (Å²) < 4.78 is 10.2. The Bertz CT molecular complexity index is 572. The molecule has 24 heavy (non-hydrogen) atoms.